The third-order valence-electron chi connectivity index (χ3n) is 5.24. The second-order valence-corrected chi connectivity index (χ2v) is 6.86. The van der Waals surface area contributed by atoms with Crippen LogP contribution in [0.25, 0.3) is 29.0 Å². The second-order valence-electron chi connectivity index (χ2n) is 6.86. The molecule has 0 saturated carbocycles. The number of ether oxygens (including phenoxy) is 1. The number of aromatic nitrogens is 1. The fourth-order valence-corrected chi connectivity index (χ4v) is 3.79. The Morgan fingerprint density at radius 2 is 1.93 bits per heavy atom. The van der Waals surface area contributed by atoms with Crippen molar-refractivity contribution >= 4 is 35.0 Å². The molecule has 2 aromatic carbocycles. The van der Waals surface area contributed by atoms with E-state index in [1.165, 1.54) is 27.1 Å². The summed E-state index contributed by atoms with van der Waals surface area (Å²) in [4.78, 5) is 16.5. The van der Waals surface area contributed by atoms with Crippen LogP contribution in [0.4, 0.5) is 0 Å². The van der Waals surface area contributed by atoms with Crippen molar-refractivity contribution in [2.45, 2.75) is 13.3 Å². The fraction of sp³-hybridized carbons (Fsp3) is 0.0833. The molecule has 3 heteroatoms. The van der Waals surface area contributed by atoms with E-state index in [0.717, 1.165) is 17.2 Å². The van der Waals surface area contributed by atoms with Gasteiger partial charge in [0.2, 0.25) is 0 Å². The molecule has 2 aliphatic rings. The molecule has 0 aliphatic heterocycles. The second kappa shape index (κ2) is 6.06. The minimum atomic E-state index is -0.370. The summed E-state index contributed by atoms with van der Waals surface area (Å²) in [6.45, 7) is 1.88. The normalized spacial score (nSPS) is 14.0. The lowest BCUT2D eigenvalue weighted by Gasteiger charge is -2.14. The predicted molar refractivity (Wildman–Crippen MR) is 107 cm³/mol. The number of rotatable bonds is 2. The number of nitrogens with zero attached hydrogens (tertiary/aromatic N) is 1. The lowest BCUT2D eigenvalue weighted by Crippen LogP contribution is -2.17. The van der Waals surface area contributed by atoms with Crippen LogP contribution in [0.2, 0.25) is 0 Å². The van der Waals surface area contributed by atoms with Gasteiger partial charge in [-0.1, -0.05) is 42.5 Å². The number of benzene rings is 2. The van der Waals surface area contributed by atoms with Gasteiger partial charge < -0.3 is 4.74 Å². The zero-order chi connectivity index (χ0) is 18.4. The SMILES string of the molecule is Cc1ccncc1C(=O)OC1=CCc2c(ccc3c4c(ccc23)=CC=C4)=C1. The van der Waals surface area contributed by atoms with E-state index in [1.807, 2.05) is 19.1 Å². The van der Waals surface area contributed by atoms with Crippen LogP contribution < -0.4 is 10.4 Å². The van der Waals surface area contributed by atoms with Gasteiger partial charge >= 0.3 is 5.97 Å². The predicted octanol–water partition coefficient (Wildman–Crippen LogP) is 3.43. The molecule has 3 nitrogen and oxygen atoms in total. The first-order valence-electron chi connectivity index (χ1n) is 8.98. The first-order valence-corrected chi connectivity index (χ1v) is 8.98. The van der Waals surface area contributed by atoms with Gasteiger partial charge in [0.1, 0.15) is 5.76 Å². The molecular weight excluding hydrogens is 334 g/mol. The molecule has 0 unspecified atom stereocenters. The van der Waals surface area contributed by atoms with Crippen molar-refractivity contribution in [3.63, 3.8) is 0 Å². The summed E-state index contributed by atoms with van der Waals surface area (Å²) < 4.78 is 5.61. The van der Waals surface area contributed by atoms with Gasteiger partial charge in [0.25, 0.3) is 0 Å². The number of allylic oxidation sites excluding steroid dienone is 3. The van der Waals surface area contributed by atoms with Crippen LogP contribution in [0.3, 0.4) is 0 Å². The van der Waals surface area contributed by atoms with Crippen LogP contribution in [-0.2, 0) is 11.2 Å². The van der Waals surface area contributed by atoms with Crippen molar-refractivity contribution in [3.8, 4) is 0 Å². The molecule has 1 aromatic heterocycles. The molecule has 130 valence electrons. The number of fused-ring (bicyclic) bond motifs is 5. The van der Waals surface area contributed by atoms with Crippen LogP contribution in [0, 0.1) is 6.92 Å². The molecule has 3 aromatic rings. The maximum absolute atomic E-state index is 12.5. The van der Waals surface area contributed by atoms with Gasteiger partial charge in [0.05, 0.1) is 5.56 Å². The van der Waals surface area contributed by atoms with Crippen LogP contribution in [0.15, 0.2) is 60.6 Å². The summed E-state index contributed by atoms with van der Waals surface area (Å²) >= 11 is 0. The Hall–Kier alpha value is -3.46. The Morgan fingerprint density at radius 1 is 1.07 bits per heavy atom. The molecule has 0 N–H and O–H groups in total. The van der Waals surface area contributed by atoms with Crippen LogP contribution in [-0.4, -0.2) is 11.0 Å². The van der Waals surface area contributed by atoms with E-state index >= 15 is 0 Å². The highest BCUT2D eigenvalue weighted by Gasteiger charge is 2.15. The number of hydrogen-bond donors (Lipinski definition) is 0. The van der Waals surface area contributed by atoms with Gasteiger partial charge in [-0.2, -0.15) is 0 Å². The van der Waals surface area contributed by atoms with E-state index in [1.54, 1.807) is 18.5 Å². The monoisotopic (exact) mass is 351 g/mol. The number of aryl methyl sites for hydroxylation is 1. The van der Waals surface area contributed by atoms with Crippen molar-refractivity contribution in [2.75, 3.05) is 0 Å². The molecule has 2 aliphatic carbocycles. The molecule has 27 heavy (non-hydrogen) atoms. The molecule has 5 rings (SSSR count). The molecule has 0 saturated heterocycles. The minimum Gasteiger partial charge on any atom is -0.423 e. The fourth-order valence-electron chi connectivity index (χ4n) is 3.79. The third-order valence-corrected chi connectivity index (χ3v) is 5.24. The Kier molecular flexibility index (Phi) is 3.54. The molecule has 0 bridgehead atoms. The average Bonchev–Trinajstić information content (AvgIpc) is 3.17. The lowest BCUT2D eigenvalue weighted by molar-refractivity contribution is 0.0640. The van der Waals surface area contributed by atoms with E-state index in [-0.39, 0.29) is 5.97 Å². The van der Waals surface area contributed by atoms with Crippen LogP contribution >= 0.6 is 0 Å². The van der Waals surface area contributed by atoms with Gasteiger partial charge in [-0.25, -0.2) is 4.79 Å². The quantitative estimate of drug-likeness (QED) is 0.664. The zero-order valence-electron chi connectivity index (χ0n) is 14.9. The molecule has 0 amide bonds. The third kappa shape index (κ3) is 2.59. The van der Waals surface area contributed by atoms with Crippen molar-refractivity contribution in [1.82, 2.24) is 4.98 Å². The average molecular weight is 351 g/mol. The van der Waals surface area contributed by atoms with E-state index in [4.69, 9.17) is 4.74 Å². The highest BCUT2D eigenvalue weighted by Crippen LogP contribution is 2.23. The topological polar surface area (TPSA) is 39.2 Å². The summed E-state index contributed by atoms with van der Waals surface area (Å²) in [5.74, 6) is 0.218. The van der Waals surface area contributed by atoms with Crippen LogP contribution in [0.1, 0.15) is 27.0 Å². The van der Waals surface area contributed by atoms with E-state index in [0.29, 0.717) is 11.3 Å². The van der Waals surface area contributed by atoms with Crippen molar-refractivity contribution in [2.24, 2.45) is 0 Å². The zero-order valence-corrected chi connectivity index (χ0v) is 14.9. The van der Waals surface area contributed by atoms with Gasteiger partial charge in [0, 0.05) is 12.4 Å². The maximum Gasteiger partial charge on any atom is 0.345 e. The number of esters is 1. The molecule has 0 fully saturated rings. The van der Waals surface area contributed by atoms with Gasteiger partial charge in [-0.15, -0.1) is 0 Å². The largest absolute Gasteiger partial charge is 0.423 e. The number of carbonyl (C=O) groups excluding carboxylic acids is 1. The smallest absolute Gasteiger partial charge is 0.345 e. The van der Waals surface area contributed by atoms with Gasteiger partial charge in [0.15, 0.2) is 0 Å². The molecular formula is C24H17NO2. The first-order chi connectivity index (χ1) is 13.2. The Bertz CT molecular complexity index is 1300. The standard InChI is InChI=1S/C24H17NO2/c1-15-11-12-25-14-23(15)24(26)27-18-7-10-20-17(13-18)6-9-21-19-4-2-3-16(19)5-8-22(20)21/h2-9,11-14H,10H2,1H3. The van der Waals surface area contributed by atoms with Crippen molar-refractivity contribution < 1.29 is 9.53 Å². The summed E-state index contributed by atoms with van der Waals surface area (Å²) in [6, 6.07) is 10.4. The van der Waals surface area contributed by atoms with E-state index < -0.39 is 0 Å². The van der Waals surface area contributed by atoms with Gasteiger partial charge in [-0.3, -0.25) is 4.98 Å². The molecule has 0 spiro atoms. The number of hydrogen-bond acceptors (Lipinski definition) is 3. The van der Waals surface area contributed by atoms with Gasteiger partial charge in [-0.05, 0) is 69.5 Å². The molecule has 1 heterocycles. The highest BCUT2D eigenvalue weighted by atomic mass is 16.5. The molecule has 0 radical (unpaired) electrons. The highest BCUT2D eigenvalue weighted by molar-refractivity contribution is 5.96. The Labute approximate surface area is 156 Å². The van der Waals surface area contributed by atoms with E-state index in [9.17, 15) is 4.79 Å². The summed E-state index contributed by atoms with van der Waals surface area (Å²) in [5.41, 5.74) is 3.91. The van der Waals surface area contributed by atoms with Crippen molar-refractivity contribution in [1.29, 1.82) is 0 Å². The van der Waals surface area contributed by atoms with Crippen LogP contribution in [0.5, 0.6) is 0 Å². The Balaban J connectivity index is 1.52. The van der Waals surface area contributed by atoms with E-state index in [2.05, 4.69) is 47.5 Å². The minimum absolute atomic E-state index is 0.370. The summed E-state index contributed by atoms with van der Waals surface area (Å²) in [5, 5.41) is 4.89. The number of pyridine rings is 1. The Morgan fingerprint density at radius 3 is 2.81 bits per heavy atom. The lowest BCUT2D eigenvalue weighted by atomic mass is 9.93. The first kappa shape index (κ1) is 15.8. The van der Waals surface area contributed by atoms with Crippen molar-refractivity contribution in [3.05, 3.63) is 93.3 Å². The summed E-state index contributed by atoms with van der Waals surface area (Å²) in [6.07, 6.45) is 14.3. The molecule has 0 atom stereocenters. The number of carbonyl (C=O) groups is 1. The summed E-state index contributed by atoms with van der Waals surface area (Å²) in [7, 11) is 0. The maximum atomic E-state index is 12.5.